The third-order valence-electron chi connectivity index (χ3n) is 4.86. The summed E-state index contributed by atoms with van der Waals surface area (Å²) in [5, 5.41) is 9.78. The lowest BCUT2D eigenvalue weighted by atomic mass is 10.1. The molecule has 4 rings (SSSR count). The van der Waals surface area contributed by atoms with Crippen molar-refractivity contribution in [2.45, 2.75) is 32.5 Å². The molecule has 7 nitrogen and oxygen atoms in total. The minimum absolute atomic E-state index is 0.298. The summed E-state index contributed by atoms with van der Waals surface area (Å²) in [6, 6.07) is 13.4. The Hall–Kier alpha value is -3.22. The second kappa shape index (κ2) is 6.83. The number of benzene rings is 2. The number of hydrogen-bond acceptors (Lipinski definition) is 6. The lowest BCUT2D eigenvalue weighted by Crippen LogP contribution is -2.39. The molecule has 0 unspecified atom stereocenters. The van der Waals surface area contributed by atoms with Crippen molar-refractivity contribution in [2.75, 3.05) is 11.5 Å². The van der Waals surface area contributed by atoms with Crippen LogP contribution in [0.4, 0.5) is 5.69 Å². The Morgan fingerprint density at radius 1 is 1.04 bits per heavy atom. The van der Waals surface area contributed by atoms with E-state index in [0.717, 1.165) is 11.1 Å². The fraction of sp³-hybridized carbons (Fsp3) is 0.300. The van der Waals surface area contributed by atoms with Gasteiger partial charge in [-0.2, -0.15) is 5.11 Å². The first-order chi connectivity index (χ1) is 13.1. The normalized spacial score (nSPS) is 21.1. The van der Waals surface area contributed by atoms with Gasteiger partial charge in [0.15, 0.2) is 12.1 Å². The summed E-state index contributed by atoms with van der Waals surface area (Å²) in [4.78, 5) is 27.0. The van der Waals surface area contributed by atoms with E-state index in [-0.39, 0.29) is 11.8 Å². The number of hydrogen-bond donors (Lipinski definition) is 0. The quantitative estimate of drug-likeness (QED) is 0.765. The fourth-order valence-electron chi connectivity index (χ4n) is 3.43. The number of imide groups is 1. The molecule has 2 aliphatic heterocycles. The molecule has 0 saturated carbocycles. The maximum Gasteiger partial charge on any atom is 0.263 e. The molecule has 2 atom stereocenters. The summed E-state index contributed by atoms with van der Waals surface area (Å²) >= 11 is 0. The molecular weight excluding hydrogens is 344 g/mol. The van der Waals surface area contributed by atoms with Crippen molar-refractivity contribution in [3.63, 3.8) is 0 Å². The van der Waals surface area contributed by atoms with Crippen LogP contribution in [0.25, 0.3) is 0 Å². The molecule has 0 bridgehead atoms. The van der Waals surface area contributed by atoms with Crippen LogP contribution >= 0.6 is 0 Å². The molecule has 2 amide bonds. The molecule has 0 spiro atoms. The van der Waals surface area contributed by atoms with Crippen LogP contribution in [0.15, 0.2) is 58.9 Å². The fourth-order valence-corrected chi connectivity index (χ4v) is 3.43. The first-order valence-corrected chi connectivity index (χ1v) is 8.92. The first-order valence-electron chi connectivity index (χ1n) is 8.92. The summed E-state index contributed by atoms with van der Waals surface area (Å²) in [6.07, 6.45) is 0. The zero-order valence-corrected chi connectivity index (χ0v) is 15.2. The highest BCUT2D eigenvalue weighted by atomic mass is 16.5. The third-order valence-corrected chi connectivity index (χ3v) is 4.86. The van der Waals surface area contributed by atoms with Crippen molar-refractivity contribution in [3.05, 3.63) is 59.7 Å². The average Bonchev–Trinajstić information content (AvgIpc) is 3.19. The Balaban J connectivity index is 1.57. The highest BCUT2D eigenvalue weighted by Gasteiger charge is 2.54. The Bertz CT molecular complexity index is 910. The highest BCUT2D eigenvalue weighted by molar-refractivity contribution is 6.25. The van der Waals surface area contributed by atoms with Gasteiger partial charge in [0.1, 0.15) is 5.75 Å². The minimum atomic E-state index is -0.784. The molecule has 138 valence electrons. The summed E-state index contributed by atoms with van der Waals surface area (Å²) in [6.45, 7) is 4.90. The number of ether oxygens (including phenoxy) is 1. The SMILES string of the molecule is CCOc1ccc(N2C(=O)[C@H]3N=NN(Cc4ccccc4C)[C@@H]3C2=O)cc1. The van der Waals surface area contributed by atoms with Gasteiger partial charge in [0.05, 0.1) is 18.8 Å². The van der Waals surface area contributed by atoms with Gasteiger partial charge in [0.25, 0.3) is 11.8 Å². The van der Waals surface area contributed by atoms with Crippen molar-refractivity contribution in [1.29, 1.82) is 0 Å². The first kappa shape index (κ1) is 17.2. The van der Waals surface area contributed by atoms with E-state index in [9.17, 15) is 9.59 Å². The van der Waals surface area contributed by atoms with Crippen LogP contribution in [-0.4, -0.2) is 35.5 Å². The van der Waals surface area contributed by atoms with E-state index in [2.05, 4.69) is 10.3 Å². The van der Waals surface area contributed by atoms with E-state index in [1.807, 2.05) is 38.1 Å². The van der Waals surface area contributed by atoms with Gasteiger partial charge in [-0.1, -0.05) is 29.5 Å². The molecule has 2 aliphatic rings. The van der Waals surface area contributed by atoms with Crippen LogP contribution in [0.2, 0.25) is 0 Å². The van der Waals surface area contributed by atoms with E-state index in [1.54, 1.807) is 29.3 Å². The molecule has 2 heterocycles. The van der Waals surface area contributed by atoms with Gasteiger partial charge >= 0.3 is 0 Å². The Labute approximate surface area is 157 Å². The summed E-state index contributed by atoms with van der Waals surface area (Å²) < 4.78 is 5.42. The number of anilines is 1. The monoisotopic (exact) mass is 364 g/mol. The van der Waals surface area contributed by atoms with E-state index in [1.165, 1.54) is 4.90 Å². The molecule has 1 saturated heterocycles. The maximum absolute atomic E-state index is 13.0. The van der Waals surface area contributed by atoms with Crippen molar-refractivity contribution < 1.29 is 14.3 Å². The number of aryl methyl sites for hydroxylation is 1. The van der Waals surface area contributed by atoms with Crippen LogP contribution < -0.4 is 9.64 Å². The van der Waals surface area contributed by atoms with Crippen LogP contribution in [-0.2, 0) is 16.1 Å². The van der Waals surface area contributed by atoms with Crippen molar-refractivity contribution in [2.24, 2.45) is 10.3 Å². The number of rotatable bonds is 5. The molecule has 27 heavy (non-hydrogen) atoms. The highest BCUT2D eigenvalue weighted by Crippen LogP contribution is 2.33. The summed E-state index contributed by atoms with van der Waals surface area (Å²) in [5.41, 5.74) is 2.68. The van der Waals surface area contributed by atoms with Crippen molar-refractivity contribution in [1.82, 2.24) is 5.01 Å². The zero-order chi connectivity index (χ0) is 19.0. The van der Waals surface area contributed by atoms with E-state index in [4.69, 9.17) is 4.74 Å². The van der Waals surface area contributed by atoms with Gasteiger partial charge in [-0.3, -0.25) is 14.6 Å². The molecule has 2 aromatic rings. The smallest absolute Gasteiger partial charge is 0.263 e. The lowest BCUT2D eigenvalue weighted by Gasteiger charge is -2.21. The van der Waals surface area contributed by atoms with Gasteiger partial charge in [-0.05, 0) is 49.2 Å². The lowest BCUT2D eigenvalue weighted by molar-refractivity contribution is -0.123. The summed E-state index contributed by atoms with van der Waals surface area (Å²) in [5.74, 6) is 0.0549. The standard InChI is InChI=1S/C20H20N4O3/c1-3-27-16-10-8-15(9-11-16)24-19(25)17-18(20(24)26)23(22-21-17)12-14-7-5-4-6-13(14)2/h4-11,17-18H,3,12H2,1-2H3/t17-,18-/m0/s1. The van der Waals surface area contributed by atoms with Gasteiger partial charge in [0.2, 0.25) is 0 Å². The Morgan fingerprint density at radius 2 is 1.78 bits per heavy atom. The predicted molar refractivity (Wildman–Crippen MR) is 99.3 cm³/mol. The number of carbonyl (C=O) groups excluding carboxylic acids is 2. The van der Waals surface area contributed by atoms with Gasteiger partial charge in [0, 0.05) is 0 Å². The van der Waals surface area contributed by atoms with Gasteiger partial charge in [-0.25, -0.2) is 4.90 Å². The number of nitrogens with zero attached hydrogens (tertiary/aromatic N) is 4. The van der Waals surface area contributed by atoms with Gasteiger partial charge < -0.3 is 4.74 Å². The van der Waals surface area contributed by atoms with Crippen LogP contribution in [0, 0.1) is 6.92 Å². The molecule has 7 heteroatoms. The second-order valence-electron chi connectivity index (χ2n) is 6.56. The number of carbonyl (C=O) groups is 2. The maximum atomic E-state index is 13.0. The Kier molecular flexibility index (Phi) is 4.35. The number of amides is 2. The van der Waals surface area contributed by atoms with E-state index < -0.39 is 12.1 Å². The third kappa shape index (κ3) is 2.95. The van der Waals surface area contributed by atoms with Crippen LogP contribution in [0.5, 0.6) is 5.75 Å². The van der Waals surface area contributed by atoms with Crippen LogP contribution in [0.1, 0.15) is 18.1 Å². The predicted octanol–water partition coefficient (Wildman–Crippen LogP) is 2.89. The molecule has 0 N–H and O–H groups in total. The molecule has 0 aromatic heterocycles. The van der Waals surface area contributed by atoms with Crippen molar-refractivity contribution in [3.8, 4) is 5.75 Å². The molecule has 1 fully saturated rings. The van der Waals surface area contributed by atoms with E-state index in [0.29, 0.717) is 24.6 Å². The minimum Gasteiger partial charge on any atom is -0.494 e. The van der Waals surface area contributed by atoms with E-state index >= 15 is 0 Å². The Morgan fingerprint density at radius 3 is 2.48 bits per heavy atom. The topological polar surface area (TPSA) is 74.6 Å². The van der Waals surface area contributed by atoms with Gasteiger partial charge in [-0.15, -0.1) is 0 Å². The molecule has 0 radical (unpaired) electrons. The second-order valence-corrected chi connectivity index (χ2v) is 6.56. The molecule has 2 aromatic carbocycles. The summed E-state index contributed by atoms with van der Waals surface area (Å²) in [7, 11) is 0. The zero-order valence-electron chi connectivity index (χ0n) is 15.2. The largest absolute Gasteiger partial charge is 0.494 e. The number of fused-ring (bicyclic) bond motifs is 1. The average molecular weight is 364 g/mol. The van der Waals surface area contributed by atoms with Crippen molar-refractivity contribution >= 4 is 17.5 Å². The molecule has 0 aliphatic carbocycles. The molecular formula is C20H20N4O3. The van der Waals surface area contributed by atoms with Crippen LogP contribution in [0.3, 0.4) is 0 Å².